The largest absolute Gasteiger partial charge is 0.444 e. The van der Waals surface area contributed by atoms with Crippen LogP contribution in [-0.2, 0) is 19.0 Å². The Hall–Kier alpha value is -1.08. The molecular formula is C12H23NO5S. The lowest BCUT2D eigenvalue weighted by Crippen LogP contribution is -2.37. The van der Waals surface area contributed by atoms with Crippen LogP contribution in [0.3, 0.4) is 0 Å². The molecule has 0 saturated heterocycles. The molecule has 1 N–H and O–H groups in total. The Bertz CT molecular complexity index is 408. The normalized spacial score (nSPS) is 18.5. The zero-order chi connectivity index (χ0) is 15.1. The fourth-order valence-electron chi connectivity index (χ4n) is 1.21. The van der Waals surface area contributed by atoms with Crippen molar-refractivity contribution < 1.29 is 22.1 Å². The molecule has 0 heterocycles. The van der Waals surface area contributed by atoms with E-state index in [9.17, 15) is 13.2 Å². The predicted octanol–water partition coefficient (Wildman–Crippen LogP) is 1.82. The molecule has 0 spiro atoms. The molecule has 0 aromatic rings. The second kappa shape index (κ2) is 7.49. The first-order valence-electron chi connectivity index (χ1n) is 5.95. The number of amides is 1. The number of carbonyl (C=O) groups excluding carboxylic acids is 1. The van der Waals surface area contributed by atoms with Crippen molar-refractivity contribution in [1.82, 2.24) is 5.32 Å². The molecule has 0 aromatic heterocycles. The molecule has 1 amide bonds. The first kappa shape index (κ1) is 17.9. The number of allylic oxidation sites excluding steroid dienone is 1. The lowest BCUT2D eigenvalue weighted by Gasteiger charge is -2.21. The van der Waals surface area contributed by atoms with Crippen LogP contribution >= 0.6 is 0 Å². The predicted molar refractivity (Wildman–Crippen MR) is 73.4 cm³/mol. The van der Waals surface area contributed by atoms with E-state index in [1.807, 2.05) is 26.8 Å². The van der Waals surface area contributed by atoms with E-state index < -0.39 is 15.7 Å². The van der Waals surface area contributed by atoms with Crippen molar-refractivity contribution in [3.05, 3.63) is 12.2 Å². The highest BCUT2D eigenvalue weighted by molar-refractivity contribution is 7.85. The molecule has 7 heteroatoms. The van der Waals surface area contributed by atoms with Gasteiger partial charge in [-0.1, -0.05) is 12.2 Å². The smallest absolute Gasteiger partial charge is 0.408 e. The van der Waals surface area contributed by atoms with Gasteiger partial charge in [0.2, 0.25) is 0 Å². The van der Waals surface area contributed by atoms with Crippen LogP contribution in [0.2, 0.25) is 0 Å². The zero-order valence-corrected chi connectivity index (χ0v) is 12.9. The fourth-order valence-corrected chi connectivity index (χ4v) is 1.21. The third-order valence-electron chi connectivity index (χ3n) is 2.02. The van der Waals surface area contributed by atoms with Gasteiger partial charge in [-0.15, -0.1) is 0 Å². The highest BCUT2D eigenvalue weighted by Gasteiger charge is 2.19. The quantitative estimate of drug-likeness (QED) is 0.620. The topological polar surface area (TPSA) is 81.7 Å². The van der Waals surface area contributed by atoms with Gasteiger partial charge in [-0.3, -0.25) is 4.18 Å². The van der Waals surface area contributed by atoms with Gasteiger partial charge in [0.25, 0.3) is 10.1 Å². The Kier molecular flexibility index (Phi) is 7.07. The summed E-state index contributed by atoms with van der Waals surface area (Å²) in [5.74, 6) is 0. The van der Waals surface area contributed by atoms with Crippen molar-refractivity contribution in [2.45, 2.75) is 45.3 Å². The summed E-state index contributed by atoms with van der Waals surface area (Å²) < 4.78 is 28.6. The van der Waals surface area contributed by atoms with Crippen LogP contribution in [0.15, 0.2) is 12.2 Å². The lowest BCUT2D eigenvalue weighted by atomic mass is 10.2. The van der Waals surface area contributed by atoms with Crippen LogP contribution in [0.1, 0.15) is 33.6 Å². The van der Waals surface area contributed by atoms with Gasteiger partial charge < -0.3 is 10.1 Å². The number of ether oxygens (including phenoxy) is 1. The Morgan fingerprint density at radius 3 is 2.21 bits per heavy atom. The van der Waals surface area contributed by atoms with Gasteiger partial charge in [-0.25, -0.2) is 4.79 Å². The highest BCUT2D eigenvalue weighted by Crippen LogP contribution is 2.11. The molecule has 0 unspecified atom stereocenters. The fraction of sp³-hybridized carbons (Fsp3) is 0.750. The van der Waals surface area contributed by atoms with Gasteiger partial charge in [-0.2, -0.15) is 8.42 Å². The number of hydrogen-bond acceptors (Lipinski definition) is 5. The average Bonchev–Trinajstić information content (AvgIpc) is 2.67. The molecule has 0 aliphatic heterocycles. The summed E-state index contributed by atoms with van der Waals surface area (Å²) in [4.78, 5) is 11.2. The maximum Gasteiger partial charge on any atom is 0.408 e. The summed E-state index contributed by atoms with van der Waals surface area (Å²) in [5.41, 5.74) is -0.410. The van der Waals surface area contributed by atoms with Crippen LogP contribution in [0.25, 0.3) is 0 Å². The van der Waals surface area contributed by atoms with E-state index in [1.165, 1.54) is 0 Å². The van der Waals surface area contributed by atoms with Gasteiger partial charge in [0.15, 0.2) is 0 Å². The number of carbonyl (C=O) groups is 1. The number of hydrogen-bond donors (Lipinski definition) is 1. The zero-order valence-electron chi connectivity index (χ0n) is 12.1. The molecule has 6 nitrogen and oxygen atoms in total. The maximum atomic E-state index is 11.2. The first-order chi connectivity index (χ1) is 8.53. The summed E-state index contributed by atoms with van der Waals surface area (Å²) in [5, 5.41) is 2.79. The van der Waals surface area contributed by atoms with Gasteiger partial charge in [0.1, 0.15) is 5.60 Å². The van der Waals surface area contributed by atoms with E-state index in [0.29, 0.717) is 0 Å². The minimum absolute atomic E-state index is 0.162. The van der Waals surface area contributed by atoms with Crippen LogP contribution in [-0.4, -0.2) is 39.5 Å². The minimum atomic E-state index is -3.16. The molecule has 19 heavy (non-hydrogen) atoms. The Labute approximate surface area is 115 Å². The third-order valence-corrected chi connectivity index (χ3v) is 2.62. The van der Waals surface area contributed by atoms with Gasteiger partial charge in [0, 0.05) is 0 Å². The maximum absolute atomic E-state index is 11.2. The molecule has 1 aliphatic carbocycles. The van der Waals surface area contributed by atoms with E-state index in [4.69, 9.17) is 4.74 Å². The molecule has 0 saturated carbocycles. The second-order valence-electron chi connectivity index (χ2n) is 5.13. The van der Waals surface area contributed by atoms with Crippen molar-refractivity contribution >= 4 is 16.2 Å². The standard InChI is InChI=1S/C10H17NO2.C2H6O3S/c1-10(2,3)13-9(12)11-8-6-4-5-7-8;1-5-6(2,3)4/h4,6,8H,5,7H2,1-3H3,(H,11,12);1-2H3/t8-;/m1./s1. The molecular weight excluding hydrogens is 270 g/mol. The molecule has 0 bridgehead atoms. The second-order valence-corrected chi connectivity index (χ2v) is 6.87. The molecule has 1 aliphatic rings. The van der Waals surface area contributed by atoms with Crippen LogP contribution in [0.5, 0.6) is 0 Å². The lowest BCUT2D eigenvalue weighted by molar-refractivity contribution is 0.0514. The summed E-state index contributed by atoms with van der Waals surface area (Å²) in [6.07, 6.45) is 6.77. The van der Waals surface area contributed by atoms with Crippen molar-refractivity contribution in [3.63, 3.8) is 0 Å². The van der Waals surface area contributed by atoms with E-state index in [0.717, 1.165) is 26.2 Å². The van der Waals surface area contributed by atoms with Crippen LogP contribution in [0, 0.1) is 0 Å². The van der Waals surface area contributed by atoms with Crippen molar-refractivity contribution in [2.24, 2.45) is 0 Å². The molecule has 0 aromatic carbocycles. The number of alkyl carbamates (subject to hydrolysis) is 1. The number of rotatable bonds is 2. The van der Waals surface area contributed by atoms with Crippen LogP contribution < -0.4 is 5.32 Å². The monoisotopic (exact) mass is 293 g/mol. The van der Waals surface area contributed by atoms with E-state index >= 15 is 0 Å². The third kappa shape index (κ3) is 11.7. The average molecular weight is 293 g/mol. The Morgan fingerprint density at radius 2 is 1.89 bits per heavy atom. The first-order valence-corrected chi connectivity index (χ1v) is 7.77. The highest BCUT2D eigenvalue weighted by atomic mass is 32.2. The molecule has 1 atom stereocenters. The molecule has 1 rings (SSSR count). The van der Waals surface area contributed by atoms with E-state index in [1.54, 1.807) is 0 Å². The summed E-state index contributed by atoms with van der Waals surface area (Å²) >= 11 is 0. The van der Waals surface area contributed by atoms with Gasteiger partial charge in [-0.05, 0) is 33.6 Å². The molecule has 112 valence electrons. The van der Waals surface area contributed by atoms with Crippen LogP contribution in [0.4, 0.5) is 4.79 Å². The van der Waals surface area contributed by atoms with Crippen molar-refractivity contribution in [2.75, 3.05) is 13.4 Å². The van der Waals surface area contributed by atoms with Gasteiger partial charge >= 0.3 is 6.09 Å². The molecule has 0 fully saturated rings. The van der Waals surface area contributed by atoms with Crippen molar-refractivity contribution in [3.8, 4) is 0 Å². The summed E-state index contributed by atoms with van der Waals surface area (Å²) in [6.45, 7) is 5.57. The summed E-state index contributed by atoms with van der Waals surface area (Å²) in [6, 6.07) is 0.162. The Morgan fingerprint density at radius 1 is 1.37 bits per heavy atom. The Balaban J connectivity index is 0.000000459. The minimum Gasteiger partial charge on any atom is -0.444 e. The van der Waals surface area contributed by atoms with E-state index in [2.05, 4.69) is 15.6 Å². The summed E-state index contributed by atoms with van der Waals surface area (Å²) in [7, 11) is -2.04. The van der Waals surface area contributed by atoms with Crippen molar-refractivity contribution in [1.29, 1.82) is 0 Å². The SMILES string of the molecule is CC(C)(C)OC(=O)N[C@@H]1C=CCC1.COS(C)(=O)=O. The molecule has 0 radical (unpaired) electrons. The van der Waals surface area contributed by atoms with E-state index in [-0.39, 0.29) is 12.1 Å². The number of nitrogens with one attached hydrogen (secondary N) is 1. The van der Waals surface area contributed by atoms with Gasteiger partial charge in [0.05, 0.1) is 19.4 Å².